The van der Waals surface area contributed by atoms with E-state index in [0.29, 0.717) is 12.1 Å². The average molecular weight is 315 g/mol. The predicted octanol–water partition coefficient (Wildman–Crippen LogP) is 3.72. The molecule has 0 saturated carbocycles. The largest absolute Gasteiger partial charge is 0.469 e. The standard InChI is InChI=1S/C20H29NO2/c1-20(2,3)14-8-6-13(7-9-14)16-12-15-10-11-17(21(15)4)18(16)19(22)23-5/h6-9,15-18H,10-12H2,1-5H3/t15-,16-,17+,18-/m0/s1. The molecule has 0 spiro atoms. The van der Waals surface area contributed by atoms with E-state index in [1.807, 2.05) is 0 Å². The lowest BCUT2D eigenvalue weighted by Crippen LogP contribution is -2.49. The number of fused-ring (bicyclic) bond motifs is 2. The molecule has 1 aromatic rings. The Morgan fingerprint density at radius 1 is 1.17 bits per heavy atom. The summed E-state index contributed by atoms with van der Waals surface area (Å²) in [5, 5.41) is 0. The van der Waals surface area contributed by atoms with Crippen molar-refractivity contribution in [2.45, 2.75) is 63.5 Å². The Balaban J connectivity index is 1.92. The molecular formula is C20H29NO2. The van der Waals surface area contributed by atoms with Crippen molar-refractivity contribution in [2.75, 3.05) is 14.2 Å². The van der Waals surface area contributed by atoms with Crippen LogP contribution >= 0.6 is 0 Å². The highest BCUT2D eigenvalue weighted by molar-refractivity contribution is 5.75. The third-order valence-electron chi connectivity index (χ3n) is 5.95. The lowest BCUT2D eigenvalue weighted by Gasteiger charge is -2.41. The number of ether oxygens (including phenoxy) is 1. The topological polar surface area (TPSA) is 29.5 Å². The fraction of sp³-hybridized carbons (Fsp3) is 0.650. The summed E-state index contributed by atoms with van der Waals surface area (Å²) in [5.41, 5.74) is 2.79. The van der Waals surface area contributed by atoms with Crippen LogP contribution in [0, 0.1) is 5.92 Å². The number of piperidine rings is 1. The summed E-state index contributed by atoms with van der Waals surface area (Å²) in [4.78, 5) is 14.9. The molecule has 0 amide bonds. The van der Waals surface area contributed by atoms with Gasteiger partial charge in [-0.2, -0.15) is 0 Å². The number of benzene rings is 1. The number of hydrogen-bond acceptors (Lipinski definition) is 3. The van der Waals surface area contributed by atoms with Crippen molar-refractivity contribution in [3.8, 4) is 0 Å². The molecule has 2 heterocycles. The molecule has 2 aliphatic rings. The zero-order valence-corrected chi connectivity index (χ0v) is 15.0. The molecule has 3 rings (SSSR count). The number of carbonyl (C=O) groups is 1. The van der Waals surface area contributed by atoms with E-state index in [-0.39, 0.29) is 23.2 Å². The summed E-state index contributed by atoms with van der Waals surface area (Å²) in [6, 6.07) is 9.84. The van der Waals surface area contributed by atoms with Gasteiger partial charge >= 0.3 is 5.97 Å². The van der Waals surface area contributed by atoms with Crippen LogP contribution in [0.2, 0.25) is 0 Å². The number of carbonyl (C=O) groups excluding carboxylic acids is 1. The Morgan fingerprint density at radius 3 is 2.39 bits per heavy atom. The minimum atomic E-state index is -0.0490. The fourth-order valence-electron chi connectivity index (χ4n) is 4.50. The third-order valence-corrected chi connectivity index (χ3v) is 5.95. The smallest absolute Gasteiger partial charge is 0.310 e. The maximum absolute atomic E-state index is 12.5. The summed E-state index contributed by atoms with van der Waals surface area (Å²) >= 11 is 0. The molecule has 0 aliphatic carbocycles. The lowest BCUT2D eigenvalue weighted by molar-refractivity contribution is -0.150. The van der Waals surface area contributed by atoms with Crippen LogP contribution in [0.25, 0.3) is 0 Å². The Labute approximate surface area is 140 Å². The summed E-state index contributed by atoms with van der Waals surface area (Å²) in [7, 11) is 3.68. The van der Waals surface area contributed by atoms with Gasteiger partial charge in [-0.25, -0.2) is 0 Å². The highest BCUT2D eigenvalue weighted by Gasteiger charge is 2.49. The van der Waals surface area contributed by atoms with Crippen molar-refractivity contribution >= 4 is 5.97 Å². The van der Waals surface area contributed by atoms with Crippen molar-refractivity contribution < 1.29 is 9.53 Å². The van der Waals surface area contributed by atoms with Crippen LogP contribution < -0.4 is 0 Å². The first-order chi connectivity index (χ1) is 10.8. The molecule has 3 heteroatoms. The van der Waals surface area contributed by atoms with Crippen LogP contribution in [-0.2, 0) is 14.9 Å². The van der Waals surface area contributed by atoms with Gasteiger partial charge in [0, 0.05) is 18.0 Å². The van der Waals surface area contributed by atoms with E-state index in [2.05, 4.69) is 57.0 Å². The third kappa shape index (κ3) is 2.91. The first-order valence-corrected chi connectivity index (χ1v) is 8.73. The van der Waals surface area contributed by atoms with Gasteiger partial charge in [0.25, 0.3) is 0 Å². The van der Waals surface area contributed by atoms with Crippen LogP contribution in [-0.4, -0.2) is 37.1 Å². The number of methoxy groups -OCH3 is 1. The van der Waals surface area contributed by atoms with Crippen molar-refractivity contribution in [3.05, 3.63) is 35.4 Å². The molecule has 4 atom stereocenters. The van der Waals surface area contributed by atoms with Gasteiger partial charge in [0.1, 0.15) is 0 Å². The van der Waals surface area contributed by atoms with Gasteiger partial charge in [-0.15, -0.1) is 0 Å². The number of rotatable bonds is 2. The molecule has 2 aliphatic heterocycles. The first kappa shape index (κ1) is 16.5. The van der Waals surface area contributed by atoms with E-state index >= 15 is 0 Å². The SMILES string of the molecule is COC(=O)[C@@H]1[C@H]2CC[C@@H](C[C@H]1c1ccc(C(C)(C)C)cc1)N2C. The molecular weight excluding hydrogens is 286 g/mol. The number of hydrogen-bond donors (Lipinski definition) is 0. The summed E-state index contributed by atoms with van der Waals surface area (Å²) < 4.78 is 5.15. The lowest BCUT2D eigenvalue weighted by atomic mass is 9.75. The minimum absolute atomic E-state index is 0.0377. The second kappa shape index (κ2) is 5.94. The normalized spacial score (nSPS) is 31.2. The van der Waals surface area contributed by atoms with Crippen LogP contribution in [0.4, 0.5) is 0 Å². The zero-order valence-electron chi connectivity index (χ0n) is 15.0. The summed E-state index contributed by atoms with van der Waals surface area (Å²) in [6.07, 6.45) is 3.37. The molecule has 126 valence electrons. The van der Waals surface area contributed by atoms with Gasteiger partial charge in [0.2, 0.25) is 0 Å². The highest BCUT2D eigenvalue weighted by Crippen LogP contribution is 2.46. The minimum Gasteiger partial charge on any atom is -0.469 e. The Morgan fingerprint density at radius 2 is 1.83 bits per heavy atom. The molecule has 1 aromatic carbocycles. The first-order valence-electron chi connectivity index (χ1n) is 8.73. The van der Waals surface area contributed by atoms with Crippen molar-refractivity contribution in [1.29, 1.82) is 0 Å². The van der Waals surface area contributed by atoms with E-state index in [1.54, 1.807) is 0 Å². The molecule has 3 nitrogen and oxygen atoms in total. The maximum atomic E-state index is 12.5. The predicted molar refractivity (Wildman–Crippen MR) is 92.6 cm³/mol. The molecule has 2 fully saturated rings. The zero-order chi connectivity index (χ0) is 16.8. The van der Waals surface area contributed by atoms with E-state index in [0.717, 1.165) is 12.8 Å². The second-order valence-electron chi connectivity index (χ2n) is 8.23. The van der Waals surface area contributed by atoms with Crippen LogP contribution in [0.3, 0.4) is 0 Å². The molecule has 0 radical (unpaired) electrons. The summed E-state index contributed by atoms with van der Waals surface area (Å²) in [6.45, 7) is 6.69. The number of esters is 1. The van der Waals surface area contributed by atoms with Gasteiger partial charge < -0.3 is 4.74 Å². The molecule has 0 N–H and O–H groups in total. The van der Waals surface area contributed by atoms with E-state index in [9.17, 15) is 4.79 Å². The highest BCUT2D eigenvalue weighted by atomic mass is 16.5. The molecule has 0 aromatic heterocycles. The van der Waals surface area contributed by atoms with Crippen molar-refractivity contribution in [3.63, 3.8) is 0 Å². The van der Waals surface area contributed by atoms with E-state index in [1.165, 1.54) is 24.7 Å². The van der Waals surface area contributed by atoms with Gasteiger partial charge in [-0.1, -0.05) is 45.0 Å². The van der Waals surface area contributed by atoms with Crippen molar-refractivity contribution in [2.24, 2.45) is 5.92 Å². The van der Waals surface area contributed by atoms with E-state index in [4.69, 9.17) is 4.74 Å². The fourth-order valence-corrected chi connectivity index (χ4v) is 4.50. The van der Waals surface area contributed by atoms with Gasteiger partial charge in [0.05, 0.1) is 13.0 Å². The van der Waals surface area contributed by atoms with Gasteiger partial charge in [-0.3, -0.25) is 9.69 Å². The molecule has 2 bridgehead atoms. The second-order valence-corrected chi connectivity index (χ2v) is 8.23. The number of nitrogens with zero attached hydrogens (tertiary/aromatic N) is 1. The van der Waals surface area contributed by atoms with Crippen LogP contribution in [0.5, 0.6) is 0 Å². The quantitative estimate of drug-likeness (QED) is 0.779. The monoisotopic (exact) mass is 315 g/mol. The molecule has 2 saturated heterocycles. The molecule has 0 unspecified atom stereocenters. The van der Waals surface area contributed by atoms with Gasteiger partial charge in [-0.05, 0) is 42.9 Å². The van der Waals surface area contributed by atoms with Crippen LogP contribution in [0.1, 0.15) is 57.1 Å². The molecule has 23 heavy (non-hydrogen) atoms. The van der Waals surface area contributed by atoms with Crippen LogP contribution in [0.15, 0.2) is 24.3 Å². The Hall–Kier alpha value is -1.35. The average Bonchev–Trinajstić information content (AvgIpc) is 2.75. The Bertz CT molecular complexity index is 572. The maximum Gasteiger partial charge on any atom is 0.310 e. The summed E-state index contributed by atoms with van der Waals surface area (Å²) in [5.74, 6) is 0.196. The van der Waals surface area contributed by atoms with Crippen molar-refractivity contribution in [1.82, 2.24) is 4.90 Å². The van der Waals surface area contributed by atoms with Gasteiger partial charge in [0.15, 0.2) is 0 Å². The Kier molecular flexibility index (Phi) is 4.26. The van der Waals surface area contributed by atoms with E-state index < -0.39 is 0 Å².